The lowest BCUT2D eigenvalue weighted by molar-refractivity contribution is -0.216. The van der Waals surface area contributed by atoms with Crippen LogP contribution in [0.1, 0.15) is 37.8 Å². The van der Waals surface area contributed by atoms with Gasteiger partial charge in [0.05, 0.1) is 6.04 Å². The van der Waals surface area contributed by atoms with E-state index < -0.39 is 23.5 Å². The fraction of sp³-hybridized carbons (Fsp3) is 0.389. The average molecular weight is 347 g/mol. The highest BCUT2D eigenvalue weighted by molar-refractivity contribution is 5.85. The number of aliphatic hydroxyl groups is 1. The third-order valence-electron chi connectivity index (χ3n) is 4.70. The zero-order valence-electron chi connectivity index (χ0n) is 13.7. The predicted octanol–water partition coefficient (Wildman–Crippen LogP) is 2.87. The van der Waals surface area contributed by atoms with E-state index in [0.717, 1.165) is 11.1 Å². The maximum atomic E-state index is 14.1. The van der Waals surface area contributed by atoms with E-state index in [4.69, 9.17) is 0 Å². The van der Waals surface area contributed by atoms with Gasteiger partial charge in [0.1, 0.15) is 11.9 Å². The van der Waals surface area contributed by atoms with Crippen LogP contribution < -0.4 is 5.32 Å². The minimum Gasteiger partial charge on any atom is -0.383 e. The molecule has 1 aliphatic carbocycles. The molecule has 1 fully saturated rings. The molecular weight excluding hydrogens is 328 g/mol. The number of nitrogens with one attached hydrogen (secondary N) is 1. The number of rotatable bonds is 5. The number of alkyl halides is 2. The molecule has 2 aromatic rings. The topological polar surface area (TPSA) is 75.1 Å². The number of amides is 1. The molecule has 0 spiro atoms. The van der Waals surface area contributed by atoms with Crippen LogP contribution in [0.5, 0.6) is 0 Å². The molecule has 1 saturated carbocycles. The van der Waals surface area contributed by atoms with E-state index in [-0.39, 0.29) is 12.8 Å². The van der Waals surface area contributed by atoms with Gasteiger partial charge >= 0.3 is 5.92 Å². The highest BCUT2D eigenvalue weighted by atomic mass is 19.3. The second-order valence-corrected chi connectivity index (χ2v) is 6.40. The summed E-state index contributed by atoms with van der Waals surface area (Å²) in [5, 5.41) is 12.1. The van der Waals surface area contributed by atoms with Gasteiger partial charge in [0.15, 0.2) is 0 Å². The number of hydrogen-bond donors (Lipinski definition) is 2. The van der Waals surface area contributed by atoms with E-state index in [9.17, 15) is 18.7 Å². The first-order valence-corrected chi connectivity index (χ1v) is 8.10. The minimum atomic E-state index is -3.79. The Morgan fingerprint density at radius 2 is 1.80 bits per heavy atom. The van der Waals surface area contributed by atoms with Crippen LogP contribution in [0.4, 0.5) is 8.78 Å². The minimum absolute atomic E-state index is 0.0599. The van der Waals surface area contributed by atoms with Gasteiger partial charge < -0.3 is 10.4 Å². The summed E-state index contributed by atoms with van der Waals surface area (Å²) in [5.74, 6) is -5.23. The normalized spacial score (nSPS) is 17.4. The summed E-state index contributed by atoms with van der Waals surface area (Å²) in [5.41, 5.74) is 0.195. The van der Waals surface area contributed by atoms with Crippen molar-refractivity contribution in [1.29, 1.82) is 0 Å². The van der Waals surface area contributed by atoms with E-state index in [2.05, 4.69) is 15.3 Å². The molecule has 5 nitrogen and oxygen atoms in total. The van der Waals surface area contributed by atoms with Crippen molar-refractivity contribution in [3.8, 4) is 11.1 Å². The van der Waals surface area contributed by atoms with Crippen molar-refractivity contribution in [3.05, 3.63) is 48.5 Å². The molecule has 0 saturated heterocycles. The molecule has 1 heterocycles. The van der Waals surface area contributed by atoms with Gasteiger partial charge in [-0.2, -0.15) is 8.78 Å². The van der Waals surface area contributed by atoms with Crippen molar-refractivity contribution in [2.24, 2.45) is 0 Å². The SMILES string of the molecule is CC(NC(=O)C(F)(F)C1(O)CCC1)c1ccc(-c2cncnc2)cc1. The van der Waals surface area contributed by atoms with E-state index in [1.54, 1.807) is 31.5 Å². The van der Waals surface area contributed by atoms with Crippen molar-refractivity contribution < 1.29 is 18.7 Å². The van der Waals surface area contributed by atoms with Crippen molar-refractivity contribution in [2.45, 2.75) is 43.8 Å². The Bertz CT molecular complexity index is 747. The Labute approximate surface area is 144 Å². The second kappa shape index (κ2) is 6.48. The second-order valence-electron chi connectivity index (χ2n) is 6.40. The fourth-order valence-electron chi connectivity index (χ4n) is 2.82. The molecule has 1 unspecified atom stereocenters. The Hall–Kier alpha value is -2.41. The van der Waals surface area contributed by atoms with Gasteiger partial charge in [-0.25, -0.2) is 9.97 Å². The highest BCUT2D eigenvalue weighted by Crippen LogP contribution is 2.44. The van der Waals surface area contributed by atoms with E-state index in [1.165, 1.54) is 6.33 Å². The maximum Gasteiger partial charge on any atom is 0.352 e. The zero-order chi connectivity index (χ0) is 18.1. The Kier molecular flexibility index (Phi) is 4.51. The number of nitrogens with zero attached hydrogens (tertiary/aromatic N) is 2. The number of halogens is 2. The quantitative estimate of drug-likeness (QED) is 0.872. The molecule has 0 radical (unpaired) electrons. The summed E-state index contributed by atoms with van der Waals surface area (Å²) in [6.45, 7) is 1.62. The van der Waals surface area contributed by atoms with Crippen molar-refractivity contribution in [3.63, 3.8) is 0 Å². The molecule has 2 N–H and O–H groups in total. The molecule has 1 amide bonds. The maximum absolute atomic E-state index is 14.1. The molecule has 0 bridgehead atoms. The molecule has 132 valence electrons. The summed E-state index contributed by atoms with van der Waals surface area (Å²) in [6, 6.07) is 6.53. The number of carbonyl (C=O) groups is 1. The average Bonchev–Trinajstić information content (AvgIpc) is 2.60. The predicted molar refractivity (Wildman–Crippen MR) is 87.8 cm³/mol. The number of aromatic nitrogens is 2. The third-order valence-corrected chi connectivity index (χ3v) is 4.70. The summed E-state index contributed by atoms with van der Waals surface area (Å²) < 4.78 is 28.3. The van der Waals surface area contributed by atoms with Crippen LogP contribution in [-0.4, -0.2) is 32.5 Å². The van der Waals surface area contributed by atoms with Crippen LogP contribution in [0.2, 0.25) is 0 Å². The van der Waals surface area contributed by atoms with Crippen LogP contribution in [0.25, 0.3) is 11.1 Å². The van der Waals surface area contributed by atoms with Gasteiger partial charge in [-0.3, -0.25) is 4.79 Å². The van der Waals surface area contributed by atoms with Crippen molar-refractivity contribution in [1.82, 2.24) is 15.3 Å². The molecule has 1 aliphatic rings. The number of carbonyl (C=O) groups excluding carboxylic acids is 1. The van der Waals surface area contributed by atoms with Gasteiger partial charge in [0.25, 0.3) is 5.91 Å². The van der Waals surface area contributed by atoms with Crippen LogP contribution in [0.3, 0.4) is 0 Å². The summed E-state index contributed by atoms with van der Waals surface area (Å²) in [7, 11) is 0. The largest absolute Gasteiger partial charge is 0.383 e. The van der Waals surface area contributed by atoms with Crippen molar-refractivity contribution >= 4 is 5.91 Å². The standard InChI is InChI=1S/C18H19F2N3O2/c1-12(23-16(24)18(19,20)17(25)7-2-8-17)13-3-5-14(6-4-13)15-9-21-11-22-10-15/h3-6,9-12,25H,2,7-8H2,1H3,(H,23,24). The summed E-state index contributed by atoms with van der Waals surface area (Å²) >= 11 is 0. The lowest BCUT2D eigenvalue weighted by Crippen LogP contribution is -2.60. The third kappa shape index (κ3) is 3.24. The molecule has 0 aliphatic heterocycles. The first kappa shape index (κ1) is 17.4. The number of benzene rings is 1. The van der Waals surface area contributed by atoms with Gasteiger partial charge in [0, 0.05) is 18.0 Å². The first-order chi connectivity index (χ1) is 11.8. The van der Waals surface area contributed by atoms with Crippen LogP contribution in [0, 0.1) is 0 Å². The van der Waals surface area contributed by atoms with Crippen LogP contribution >= 0.6 is 0 Å². The lowest BCUT2D eigenvalue weighted by Gasteiger charge is -2.41. The Balaban J connectivity index is 1.69. The molecule has 1 aromatic carbocycles. The molecular formula is C18H19F2N3O2. The molecule has 1 aromatic heterocycles. The monoisotopic (exact) mass is 347 g/mol. The van der Waals surface area contributed by atoms with Gasteiger partial charge in [-0.1, -0.05) is 24.3 Å². The van der Waals surface area contributed by atoms with E-state index >= 15 is 0 Å². The zero-order valence-corrected chi connectivity index (χ0v) is 13.7. The fourth-order valence-corrected chi connectivity index (χ4v) is 2.82. The first-order valence-electron chi connectivity index (χ1n) is 8.10. The van der Waals surface area contributed by atoms with Gasteiger partial charge in [-0.15, -0.1) is 0 Å². The van der Waals surface area contributed by atoms with Crippen LogP contribution in [-0.2, 0) is 4.79 Å². The number of hydrogen-bond acceptors (Lipinski definition) is 4. The summed E-state index contributed by atoms with van der Waals surface area (Å²) in [4.78, 5) is 19.8. The van der Waals surface area contributed by atoms with Gasteiger partial charge in [0.2, 0.25) is 0 Å². The summed E-state index contributed by atoms with van der Waals surface area (Å²) in [6.07, 6.45) is 5.16. The van der Waals surface area contributed by atoms with Gasteiger partial charge in [-0.05, 0) is 37.3 Å². The molecule has 7 heteroatoms. The highest BCUT2D eigenvalue weighted by Gasteiger charge is 2.61. The molecule has 3 rings (SSSR count). The Morgan fingerprint density at radius 3 is 2.32 bits per heavy atom. The smallest absolute Gasteiger partial charge is 0.352 e. The Morgan fingerprint density at radius 1 is 1.20 bits per heavy atom. The lowest BCUT2D eigenvalue weighted by atomic mass is 9.75. The molecule has 25 heavy (non-hydrogen) atoms. The molecule has 1 atom stereocenters. The van der Waals surface area contributed by atoms with Crippen LogP contribution in [0.15, 0.2) is 43.0 Å². The van der Waals surface area contributed by atoms with E-state index in [0.29, 0.717) is 12.0 Å². The van der Waals surface area contributed by atoms with E-state index in [1.807, 2.05) is 12.1 Å². The van der Waals surface area contributed by atoms with Crippen molar-refractivity contribution in [2.75, 3.05) is 0 Å².